The normalized spacial score (nSPS) is 17.1. The molecule has 0 bridgehead atoms. The van der Waals surface area contributed by atoms with Crippen molar-refractivity contribution < 1.29 is 29.6 Å². The molecule has 0 aliphatic heterocycles. The lowest BCUT2D eigenvalue weighted by Crippen LogP contribution is -2.51. The molecular weight excluding hydrogens is 648 g/mol. The number of aliphatic hydroxyl groups excluding tert-OH is 2. The Kier molecular flexibility index (Phi) is 6.11. The molecule has 0 radical (unpaired) electrons. The van der Waals surface area contributed by atoms with Crippen molar-refractivity contribution in [3.8, 4) is 11.5 Å². The number of hydrazone groups is 1. The van der Waals surface area contributed by atoms with E-state index in [1.165, 1.54) is 6.07 Å². The highest BCUT2D eigenvalue weighted by molar-refractivity contribution is 9.10. The SMILES string of the molecule is COc1cc(=O)c2c(=O)c3c(c(=O)c=2c1=O)=C(O)[C@]1(CCc2c1c(O)c1c(=O)[nH]c(C=NNC(=O)C(N)=O)cc1c2Br)C=3O. The van der Waals surface area contributed by atoms with Gasteiger partial charge in [-0.3, -0.25) is 33.6 Å². The number of aromatic nitrogens is 1. The second-order valence-electron chi connectivity index (χ2n) is 10.1. The predicted octanol–water partition coefficient (Wildman–Crippen LogP) is -2.79. The summed E-state index contributed by atoms with van der Waals surface area (Å²) in [4.78, 5) is 90.7. The second-order valence-corrected chi connectivity index (χ2v) is 10.9. The van der Waals surface area contributed by atoms with Crippen molar-refractivity contribution in [1.82, 2.24) is 10.4 Å². The van der Waals surface area contributed by atoms with Crippen LogP contribution >= 0.6 is 15.9 Å². The van der Waals surface area contributed by atoms with Gasteiger partial charge in [0.1, 0.15) is 22.7 Å². The number of primary amides is 1. The molecule has 7 N–H and O–H groups in total. The predicted molar refractivity (Wildman–Crippen MR) is 156 cm³/mol. The van der Waals surface area contributed by atoms with Crippen LogP contribution in [0.4, 0.5) is 0 Å². The molecule has 222 valence electrons. The maximum absolute atomic E-state index is 13.6. The van der Waals surface area contributed by atoms with E-state index in [0.29, 0.717) is 5.56 Å². The monoisotopic (exact) mass is 664 g/mol. The Bertz CT molecular complexity index is 2570. The number of nitrogens with zero attached hydrogens (tertiary/aromatic N) is 1. The van der Waals surface area contributed by atoms with Crippen LogP contribution < -0.4 is 53.6 Å². The molecule has 6 rings (SSSR count). The lowest BCUT2D eigenvalue weighted by Gasteiger charge is -2.27. The van der Waals surface area contributed by atoms with E-state index in [9.17, 15) is 48.9 Å². The number of H-pyrrole nitrogens is 1. The number of ether oxygens (including phenoxy) is 1. The van der Waals surface area contributed by atoms with E-state index in [-0.39, 0.29) is 39.3 Å². The van der Waals surface area contributed by atoms with Crippen LogP contribution in [0.15, 0.2) is 45.7 Å². The first-order valence-electron chi connectivity index (χ1n) is 12.6. The molecule has 16 heteroatoms. The zero-order valence-electron chi connectivity index (χ0n) is 22.2. The molecule has 1 aromatic carbocycles. The number of phenols is 1. The van der Waals surface area contributed by atoms with Gasteiger partial charge in [0.15, 0.2) is 11.2 Å². The van der Waals surface area contributed by atoms with Crippen molar-refractivity contribution in [3.63, 3.8) is 0 Å². The van der Waals surface area contributed by atoms with Gasteiger partial charge in [0.05, 0.1) is 45.3 Å². The highest BCUT2D eigenvalue weighted by Gasteiger charge is 2.53. The number of aliphatic hydroxyl groups is 2. The minimum atomic E-state index is -2.07. The Labute approximate surface area is 249 Å². The lowest BCUT2D eigenvalue weighted by atomic mass is 9.78. The molecule has 4 aliphatic rings. The third kappa shape index (κ3) is 3.48. The first kappa shape index (κ1) is 28.5. The Morgan fingerprint density at radius 2 is 1.66 bits per heavy atom. The van der Waals surface area contributed by atoms with E-state index in [0.717, 1.165) is 19.4 Å². The molecule has 15 nitrogen and oxygen atoms in total. The molecular formula is C28H17BrN4O11. The highest BCUT2D eigenvalue weighted by atomic mass is 79.9. The van der Waals surface area contributed by atoms with Crippen molar-refractivity contribution in [3.05, 3.63) is 106 Å². The number of benzene rings is 1. The topological polar surface area (TPSA) is 256 Å². The van der Waals surface area contributed by atoms with Gasteiger partial charge in [-0.1, -0.05) is 0 Å². The van der Waals surface area contributed by atoms with E-state index >= 15 is 0 Å². The summed E-state index contributed by atoms with van der Waals surface area (Å²) in [5, 5.41) is 35.0. The number of carbonyl (C=O) groups is 2. The molecule has 4 aliphatic carbocycles. The van der Waals surface area contributed by atoms with Crippen molar-refractivity contribution in [2.24, 2.45) is 10.8 Å². The standard InChI is InChI=1S/C28H17BrN4O11/c1-44-11-5-10(34)13-14(19(11)35)21(37)16-15(20(13)36)23(39)28(24(16)40)3-2-8-17(28)22(38)12-9(18(8)29)4-7(32-26(12)42)6-31-33-27(43)25(30)41/h4-6,38-40H,2-3H2,1H3,(H2,30,41)(H,32,42)(H,33,43)/t28-/m0/s1. The molecule has 44 heavy (non-hydrogen) atoms. The minimum absolute atomic E-state index is 0.0352. The number of pyridine rings is 1. The van der Waals surface area contributed by atoms with Crippen molar-refractivity contribution in [2.75, 3.05) is 7.11 Å². The number of phenolic OH excluding ortho intramolecular Hbond substituents is 1. The molecule has 1 spiro atoms. The van der Waals surface area contributed by atoms with Crippen LogP contribution in [0.1, 0.15) is 23.2 Å². The van der Waals surface area contributed by atoms with Gasteiger partial charge in [0.2, 0.25) is 16.3 Å². The van der Waals surface area contributed by atoms with Gasteiger partial charge in [-0.15, -0.1) is 0 Å². The first-order valence-corrected chi connectivity index (χ1v) is 13.4. The summed E-state index contributed by atoms with van der Waals surface area (Å²) < 4.78 is 5.12. The van der Waals surface area contributed by atoms with E-state index in [1.807, 2.05) is 5.43 Å². The first-order chi connectivity index (χ1) is 20.8. The van der Waals surface area contributed by atoms with Crippen LogP contribution in [-0.2, 0) is 21.4 Å². The molecule has 0 saturated carbocycles. The second kappa shape index (κ2) is 9.43. The summed E-state index contributed by atoms with van der Waals surface area (Å²) in [6.45, 7) is 0. The number of methoxy groups -OCH3 is 1. The molecule has 1 heterocycles. The minimum Gasteiger partial charge on any atom is -0.510 e. The van der Waals surface area contributed by atoms with Gasteiger partial charge in [-0.05, 0) is 40.4 Å². The summed E-state index contributed by atoms with van der Waals surface area (Å²) >= 11 is 3.41. The zero-order valence-corrected chi connectivity index (χ0v) is 23.7. The van der Waals surface area contributed by atoms with Crippen LogP contribution in [0.2, 0.25) is 0 Å². The molecule has 2 aromatic rings. The molecule has 0 fully saturated rings. The Morgan fingerprint density at radius 1 is 1.02 bits per heavy atom. The number of hydrogen-bond acceptors (Lipinski definition) is 12. The fourth-order valence-electron chi connectivity index (χ4n) is 6.10. The molecule has 0 unspecified atom stereocenters. The smallest absolute Gasteiger partial charge is 0.329 e. The van der Waals surface area contributed by atoms with Crippen LogP contribution in [-0.4, -0.2) is 45.4 Å². The van der Waals surface area contributed by atoms with Crippen molar-refractivity contribution >= 4 is 56.2 Å². The number of rotatable bonds is 3. The number of aromatic amines is 1. The number of hydrogen-bond donors (Lipinski definition) is 6. The van der Waals surface area contributed by atoms with Crippen LogP contribution in [0.5, 0.6) is 11.5 Å². The van der Waals surface area contributed by atoms with E-state index in [4.69, 9.17) is 10.5 Å². The third-order valence-corrected chi connectivity index (χ3v) is 8.88. The number of carbonyl (C=O) groups excluding carboxylic acids is 2. The number of fused-ring (bicyclic) bond motifs is 4. The number of aromatic hydroxyl groups is 1. The summed E-state index contributed by atoms with van der Waals surface area (Å²) in [6, 6.07) is 2.12. The lowest BCUT2D eigenvalue weighted by molar-refractivity contribution is -0.137. The fraction of sp³-hybridized carbons (Fsp3) is 0.143. The number of nitrogens with two attached hydrogens (primary N) is 1. The maximum atomic E-state index is 13.6. The van der Waals surface area contributed by atoms with Crippen molar-refractivity contribution in [2.45, 2.75) is 18.3 Å². The van der Waals surface area contributed by atoms with E-state index in [1.54, 1.807) is 0 Å². The van der Waals surface area contributed by atoms with Gasteiger partial charge in [0.25, 0.3) is 5.56 Å². The van der Waals surface area contributed by atoms with Crippen LogP contribution in [0.25, 0.3) is 22.3 Å². The van der Waals surface area contributed by atoms with Gasteiger partial charge in [0, 0.05) is 21.5 Å². The van der Waals surface area contributed by atoms with Gasteiger partial charge < -0.3 is 30.8 Å². The number of nitrogens with one attached hydrogen (secondary N) is 2. The Hall–Kier alpha value is -5.64. The van der Waals surface area contributed by atoms with Crippen LogP contribution in [0, 0.1) is 10.4 Å². The highest BCUT2D eigenvalue weighted by Crippen LogP contribution is 2.56. The summed E-state index contributed by atoms with van der Waals surface area (Å²) in [5.74, 6) is -5.34. The van der Waals surface area contributed by atoms with E-state index in [2.05, 4.69) is 26.0 Å². The number of halogens is 1. The fourth-order valence-corrected chi connectivity index (χ4v) is 6.81. The molecule has 1 atom stereocenters. The molecule has 1 aromatic heterocycles. The largest absolute Gasteiger partial charge is 0.510 e. The Balaban J connectivity index is 1.67. The molecule has 2 amide bonds. The maximum Gasteiger partial charge on any atom is 0.329 e. The summed E-state index contributed by atoms with van der Waals surface area (Å²) in [7, 11) is 1.09. The van der Waals surface area contributed by atoms with Crippen molar-refractivity contribution in [1.29, 1.82) is 0 Å². The summed E-state index contributed by atoms with van der Waals surface area (Å²) in [6.07, 6.45) is 0.865. The third-order valence-electron chi connectivity index (χ3n) is 7.97. The van der Waals surface area contributed by atoms with Gasteiger partial charge in [-0.25, -0.2) is 5.43 Å². The molecule has 0 saturated heterocycles. The average molecular weight is 665 g/mol. The van der Waals surface area contributed by atoms with Gasteiger partial charge >= 0.3 is 11.8 Å². The number of amides is 2. The van der Waals surface area contributed by atoms with Crippen LogP contribution in [0.3, 0.4) is 0 Å². The quantitative estimate of drug-likeness (QED) is 0.0741. The average Bonchev–Trinajstić information content (AvgIpc) is 3.48. The Morgan fingerprint density at radius 3 is 2.27 bits per heavy atom. The zero-order chi connectivity index (χ0) is 32.0. The van der Waals surface area contributed by atoms with E-state index < -0.39 is 88.4 Å². The summed E-state index contributed by atoms with van der Waals surface area (Å²) in [5.41, 5.74) is -0.480. The van der Waals surface area contributed by atoms with Gasteiger partial charge in [-0.2, -0.15) is 5.10 Å².